The summed E-state index contributed by atoms with van der Waals surface area (Å²) >= 11 is 1.49. The van der Waals surface area contributed by atoms with Crippen molar-refractivity contribution in [2.75, 3.05) is 12.0 Å². The van der Waals surface area contributed by atoms with Gasteiger partial charge in [0, 0.05) is 0 Å². The van der Waals surface area contributed by atoms with E-state index in [1.807, 2.05) is 6.26 Å². The molecule has 0 rings (SSSR count). The third kappa shape index (κ3) is 9.77. The highest BCUT2D eigenvalue weighted by Gasteiger charge is 2.29. The predicted molar refractivity (Wildman–Crippen MR) is 86.0 cm³/mol. The van der Waals surface area contributed by atoms with Gasteiger partial charge in [-0.2, -0.15) is 11.8 Å². The van der Waals surface area contributed by atoms with E-state index in [0.717, 1.165) is 0 Å². The van der Waals surface area contributed by atoms with Crippen LogP contribution in [0.4, 0.5) is 0 Å². The topological polar surface area (TPSA) is 122 Å². The smallest absolute Gasteiger partial charge is 0.326 e. The molecule has 0 aliphatic rings. The SMILES string of the molecule is CSCC[C@H](NC=O)C(=O)N[C@@H](CC(=O)OC(C)(C)C)C(=O)O. The summed E-state index contributed by atoms with van der Waals surface area (Å²) in [4.78, 5) is 45.5. The molecular formula is C14H24N2O6S. The van der Waals surface area contributed by atoms with Gasteiger partial charge >= 0.3 is 11.9 Å². The van der Waals surface area contributed by atoms with Crippen molar-refractivity contribution in [3.63, 3.8) is 0 Å². The molecule has 0 aliphatic carbocycles. The number of carbonyl (C=O) groups excluding carboxylic acids is 3. The number of carbonyl (C=O) groups is 4. The van der Waals surface area contributed by atoms with Crippen molar-refractivity contribution in [1.29, 1.82) is 0 Å². The van der Waals surface area contributed by atoms with Crippen molar-refractivity contribution < 1.29 is 29.0 Å². The second kappa shape index (κ2) is 10.1. The van der Waals surface area contributed by atoms with Crippen LogP contribution in [0.25, 0.3) is 0 Å². The molecule has 3 N–H and O–H groups in total. The van der Waals surface area contributed by atoms with E-state index >= 15 is 0 Å². The molecule has 0 radical (unpaired) electrons. The number of aliphatic carboxylic acids is 1. The van der Waals surface area contributed by atoms with Crippen LogP contribution < -0.4 is 10.6 Å². The third-order valence-electron chi connectivity index (χ3n) is 2.60. The van der Waals surface area contributed by atoms with Crippen LogP contribution in [0.5, 0.6) is 0 Å². The highest BCUT2D eigenvalue weighted by molar-refractivity contribution is 7.98. The number of hydrogen-bond acceptors (Lipinski definition) is 6. The van der Waals surface area contributed by atoms with Gasteiger partial charge in [0.2, 0.25) is 12.3 Å². The Labute approximate surface area is 139 Å². The molecule has 8 nitrogen and oxygen atoms in total. The van der Waals surface area contributed by atoms with Gasteiger partial charge in [-0.1, -0.05) is 0 Å². The van der Waals surface area contributed by atoms with Crippen molar-refractivity contribution in [1.82, 2.24) is 10.6 Å². The number of ether oxygens (including phenoxy) is 1. The normalized spacial score (nSPS) is 13.6. The van der Waals surface area contributed by atoms with E-state index in [2.05, 4.69) is 10.6 Å². The molecule has 132 valence electrons. The minimum Gasteiger partial charge on any atom is -0.480 e. The van der Waals surface area contributed by atoms with Gasteiger partial charge in [-0.25, -0.2) is 4.79 Å². The monoisotopic (exact) mass is 348 g/mol. The molecule has 9 heteroatoms. The first kappa shape index (κ1) is 21.2. The quantitative estimate of drug-likeness (QED) is 0.379. The molecule has 0 heterocycles. The molecule has 23 heavy (non-hydrogen) atoms. The van der Waals surface area contributed by atoms with Crippen molar-refractivity contribution in [2.45, 2.75) is 51.3 Å². The molecule has 0 aromatic heterocycles. The summed E-state index contributed by atoms with van der Waals surface area (Å²) in [7, 11) is 0. The maximum Gasteiger partial charge on any atom is 0.326 e. The van der Waals surface area contributed by atoms with Crippen LogP contribution >= 0.6 is 11.8 Å². The fraction of sp³-hybridized carbons (Fsp3) is 0.714. The number of nitrogens with one attached hydrogen (secondary N) is 2. The standard InChI is InChI=1S/C14H24N2O6S/c1-14(2,3)22-11(18)7-10(13(20)21)16-12(19)9(15-8-17)5-6-23-4/h8-10H,5-7H2,1-4H3,(H,15,17)(H,16,19)(H,20,21)/t9-,10-/m0/s1. The highest BCUT2D eigenvalue weighted by atomic mass is 32.2. The molecule has 0 saturated heterocycles. The first-order valence-electron chi connectivity index (χ1n) is 7.04. The van der Waals surface area contributed by atoms with Crippen LogP contribution in [-0.4, -0.2) is 59.1 Å². The lowest BCUT2D eigenvalue weighted by atomic mass is 10.1. The molecule has 0 aromatic rings. The zero-order valence-corrected chi connectivity index (χ0v) is 14.6. The summed E-state index contributed by atoms with van der Waals surface area (Å²) in [6, 6.07) is -2.26. The van der Waals surface area contributed by atoms with Crippen LogP contribution in [-0.2, 0) is 23.9 Å². The number of carboxylic acids is 1. The fourth-order valence-corrected chi connectivity index (χ4v) is 2.10. The number of rotatable bonds is 10. The summed E-state index contributed by atoms with van der Waals surface area (Å²) in [6.07, 6.45) is 2.09. The van der Waals surface area contributed by atoms with Crippen molar-refractivity contribution >= 4 is 36.0 Å². The van der Waals surface area contributed by atoms with Crippen LogP contribution in [0.3, 0.4) is 0 Å². The summed E-state index contributed by atoms with van der Waals surface area (Å²) < 4.78 is 5.04. The molecule has 2 amide bonds. The molecule has 0 bridgehead atoms. The second-order valence-corrected chi connectivity index (χ2v) is 6.79. The summed E-state index contributed by atoms with van der Waals surface area (Å²) in [5.74, 6) is -2.11. The van der Waals surface area contributed by atoms with Gasteiger partial charge in [-0.15, -0.1) is 0 Å². The lowest BCUT2D eigenvalue weighted by Crippen LogP contribution is -2.51. The minimum absolute atomic E-state index is 0.352. The van der Waals surface area contributed by atoms with Crippen LogP contribution in [0.1, 0.15) is 33.6 Å². The maximum atomic E-state index is 12.1. The first-order valence-corrected chi connectivity index (χ1v) is 8.43. The van der Waals surface area contributed by atoms with Crippen molar-refractivity contribution in [3.8, 4) is 0 Å². The second-order valence-electron chi connectivity index (χ2n) is 5.81. The van der Waals surface area contributed by atoms with E-state index in [1.54, 1.807) is 20.8 Å². The number of amides is 2. The molecule has 0 saturated carbocycles. The van der Waals surface area contributed by atoms with Gasteiger partial charge in [0.15, 0.2) is 0 Å². The zero-order valence-electron chi connectivity index (χ0n) is 13.8. The Morgan fingerprint density at radius 1 is 1.26 bits per heavy atom. The van der Waals surface area contributed by atoms with E-state index in [1.165, 1.54) is 11.8 Å². The number of hydrogen-bond donors (Lipinski definition) is 3. The summed E-state index contributed by atoms with van der Waals surface area (Å²) in [5.41, 5.74) is -0.746. The molecule has 0 aromatic carbocycles. The van der Waals surface area contributed by atoms with Gasteiger partial charge in [0.05, 0.1) is 6.42 Å². The molecular weight excluding hydrogens is 324 g/mol. The van der Waals surface area contributed by atoms with E-state index in [9.17, 15) is 19.2 Å². The van der Waals surface area contributed by atoms with E-state index in [-0.39, 0.29) is 0 Å². The van der Waals surface area contributed by atoms with Gasteiger partial charge in [0.25, 0.3) is 0 Å². The average molecular weight is 348 g/mol. The largest absolute Gasteiger partial charge is 0.480 e. The summed E-state index contributed by atoms with van der Waals surface area (Å²) in [5, 5.41) is 13.7. The average Bonchev–Trinajstić information content (AvgIpc) is 2.40. The van der Waals surface area contributed by atoms with Gasteiger partial charge in [0.1, 0.15) is 17.7 Å². The van der Waals surface area contributed by atoms with Crippen LogP contribution in [0.2, 0.25) is 0 Å². The van der Waals surface area contributed by atoms with E-state index < -0.39 is 42.0 Å². The van der Waals surface area contributed by atoms with Crippen LogP contribution in [0.15, 0.2) is 0 Å². The van der Waals surface area contributed by atoms with Crippen molar-refractivity contribution in [3.05, 3.63) is 0 Å². The first-order chi connectivity index (χ1) is 10.6. The van der Waals surface area contributed by atoms with Crippen LogP contribution in [0, 0.1) is 0 Å². The van der Waals surface area contributed by atoms with E-state index in [4.69, 9.17) is 9.84 Å². The molecule has 0 unspecified atom stereocenters. The highest BCUT2D eigenvalue weighted by Crippen LogP contribution is 2.10. The van der Waals surface area contributed by atoms with Crippen molar-refractivity contribution in [2.24, 2.45) is 0 Å². The number of carboxylic acid groups (broad SMARTS) is 1. The molecule has 0 aliphatic heterocycles. The van der Waals surface area contributed by atoms with Gasteiger partial charge in [-0.05, 0) is 39.2 Å². The van der Waals surface area contributed by atoms with Gasteiger partial charge in [-0.3, -0.25) is 14.4 Å². The lowest BCUT2D eigenvalue weighted by molar-refractivity contribution is -0.158. The predicted octanol–water partition coefficient (Wildman–Crippen LogP) is 0.155. The Balaban J connectivity index is 4.77. The Kier molecular flexibility index (Phi) is 9.31. The summed E-state index contributed by atoms with van der Waals surface area (Å²) in [6.45, 7) is 4.98. The third-order valence-corrected chi connectivity index (χ3v) is 3.25. The lowest BCUT2D eigenvalue weighted by Gasteiger charge is -2.22. The molecule has 0 spiro atoms. The number of thioether (sulfide) groups is 1. The molecule has 0 fully saturated rings. The Morgan fingerprint density at radius 3 is 2.30 bits per heavy atom. The Bertz CT molecular complexity index is 435. The van der Waals surface area contributed by atoms with Gasteiger partial charge < -0.3 is 20.5 Å². The molecule has 2 atom stereocenters. The Hall–Kier alpha value is -1.77. The van der Waals surface area contributed by atoms with E-state index in [0.29, 0.717) is 18.6 Å². The fourth-order valence-electron chi connectivity index (χ4n) is 1.63. The number of esters is 1. The maximum absolute atomic E-state index is 12.1. The minimum atomic E-state index is -1.41. The zero-order chi connectivity index (χ0) is 18.0. The Morgan fingerprint density at radius 2 is 1.87 bits per heavy atom.